The minimum Gasteiger partial charge on any atom is -0.478 e. The maximum absolute atomic E-state index is 11.7. The molecule has 0 heterocycles. The molecule has 0 fully saturated rings. The molecule has 0 aliphatic heterocycles. The average Bonchev–Trinajstić information content (AvgIpc) is 2.37. The maximum atomic E-state index is 11.7. The van der Waals surface area contributed by atoms with Crippen LogP contribution in [0.5, 0.6) is 0 Å². The van der Waals surface area contributed by atoms with Gasteiger partial charge < -0.3 is 15.2 Å². The standard InChI is InChI=1S/C13H15NO5/c1-8(13(18)19-2)14-11(15)7-9-5-3-4-6-10(9)12(16)17/h3-6,8H,7H2,1-2H3,(H,14,15)(H,16,17)/t8-/m0/s1. The van der Waals surface area contributed by atoms with Crippen LogP contribution in [0.4, 0.5) is 0 Å². The highest BCUT2D eigenvalue weighted by Gasteiger charge is 2.17. The molecular formula is C13H15NO5. The number of carboxylic acid groups (broad SMARTS) is 1. The first-order chi connectivity index (χ1) is 8.95. The van der Waals surface area contributed by atoms with Gasteiger partial charge in [-0.25, -0.2) is 9.59 Å². The summed E-state index contributed by atoms with van der Waals surface area (Å²) in [6.45, 7) is 1.49. The summed E-state index contributed by atoms with van der Waals surface area (Å²) < 4.78 is 4.48. The number of carbonyl (C=O) groups is 3. The molecule has 1 aromatic carbocycles. The van der Waals surface area contributed by atoms with E-state index in [2.05, 4.69) is 10.1 Å². The summed E-state index contributed by atoms with van der Waals surface area (Å²) in [4.78, 5) is 33.8. The average molecular weight is 265 g/mol. The van der Waals surface area contributed by atoms with Crippen LogP contribution in [0, 0.1) is 0 Å². The zero-order chi connectivity index (χ0) is 14.4. The van der Waals surface area contributed by atoms with Gasteiger partial charge in [-0.3, -0.25) is 4.79 Å². The first-order valence-corrected chi connectivity index (χ1v) is 5.64. The van der Waals surface area contributed by atoms with Gasteiger partial charge in [0.05, 0.1) is 19.1 Å². The zero-order valence-electron chi connectivity index (χ0n) is 10.7. The largest absolute Gasteiger partial charge is 0.478 e. The lowest BCUT2D eigenvalue weighted by Crippen LogP contribution is -2.40. The predicted molar refractivity (Wildman–Crippen MR) is 66.7 cm³/mol. The summed E-state index contributed by atoms with van der Waals surface area (Å²) in [7, 11) is 1.23. The van der Waals surface area contributed by atoms with E-state index in [4.69, 9.17) is 5.11 Å². The Morgan fingerprint density at radius 2 is 1.95 bits per heavy atom. The summed E-state index contributed by atoms with van der Waals surface area (Å²) in [5.41, 5.74) is 0.466. The number of rotatable bonds is 5. The molecule has 0 saturated heterocycles. The number of carbonyl (C=O) groups excluding carboxylic acids is 2. The molecule has 0 bridgehead atoms. The summed E-state index contributed by atoms with van der Waals surface area (Å²) >= 11 is 0. The first kappa shape index (κ1) is 14.7. The molecule has 0 aliphatic carbocycles. The number of amides is 1. The van der Waals surface area contributed by atoms with Crippen molar-refractivity contribution in [3.63, 3.8) is 0 Å². The Morgan fingerprint density at radius 3 is 2.53 bits per heavy atom. The first-order valence-electron chi connectivity index (χ1n) is 5.64. The van der Waals surface area contributed by atoms with E-state index in [1.54, 1.807) is 18.2 Å². The van der Waals surface area contributed by atoms with E-state index < -0.39 is 23.9 Å². The highest BCUT2D eigenvalue weighted by Crippen LogP contribution is 2.09. The Balaban J connectivity index is 2.72. The quantitative estimate of drug-likeness (QED) is 0.761. The molecular weight excluding hydrogens is 250 g/mol. The second-order valence-corrected chi connectivity index (χ2v) is 3.95. The molecule has 0 aromatic heterocycles. The Labute approximate surface area is 110 Å². The summed E-state index contributed by atoms with van der Waals surface area (Å²) in [5, 5.41) is 11.4. The van der Waals surface area contributed by atoms with E-state index in [-0.39, 0.29) is 12.0 Å². The van der Waals surface area contributed by atoms with Crippen LogP contribution >= 0.6 is 0 Å². The van der Waals surface area contributed by atoms with Gasteiger partial charge in [0.15, 0.2) is 0 Å². The van der Waals surface area contributed by atoms with Gasteiger partial charge in [-0.05, 0) is 18.6 Å². The molecule has 0 aliphatic rings. The number of esters is 1. The van der Waals surface area contributed by atoms with Gasteiger partial charge in [0, 0.05) is 0 Å². The molecule has 102 valence electrons. The molecule has 1 rings (SSSR count). The number of methoxy groups -OCH3 is 1. The van der Waals surface area contributed by atoms with Crippen molar-refractivity contribution in [2.75, 3.05) is 7.11 Å². The number of hydrogen-bond donors (Lipinski definition) is 2. The smallest absolute Gasteiger partial charge is 0.335 e. The number of aromatic carboxylic acids is 1. The molecule has 1 aromatic rings. The Bertz CT molecular complexity index is 498. The van der Waals surface area contributed by atoms with Gasteiger partial charge >= 0.3 is 11.9 Å². The van der Waals surface area contributed by atoms with E-state index in [9.17, 15) is 14.4 Å². The van der Waals surface area contributed by atoms with Crippen molar-refractivity contribution >= 4 is 17.8 Å². The third-order valence-electron chi connectivity index (χ3n) is 2.53. The molecule has 19 heavy (non-hydrogen) atoms. The zero-order valence-corrected chi connectivity index (χ0v) is 10.7. The van der Waals surface area contributed by atoms with Gasteiger partial charge in [0.2, 0.25) is 5.91 Å². The molecule has 0 unspecified atom stereocenters. The minimum atomic E-state index is -1.09. The molecule has 1 amide bonds. The lowest BCUT2D eigenvalue weighted by molar-refractivity contribution is -0.144. The molecule has 0 spiro atoms. The predicted octanol–water partition coefficient (Wildman–Crippen LogP) is 0.605. The molecule has 0 radical (unpaired) electrons. The molecule has 6 heteroatoms. The Morgan fingerprint density at radius 1 is 1.32 bits per heavy atom. The Kier molecular flexibility index (Phi) is 5.05. The van der Waals surface area contributed by atoms with Gasteiger partial charge in [-0.15, -0.1) is 0 Å². The van der Waals surface area contributed by atoms with E-state index in [0.29, 0.717) is 5.56 Å². The van der Waals surface area contributed by atoms with Crippen molar-refractivity contribution in [3.8, 4) is 0 Å². The SMILES string of the molecule is COC(=O)[C@H](C)NC(=O)Cc1ccccc1C(=O)O. The van der Waals surface area contributed by atoms with E-state index >= 15 is 0 Å². The lowest BCUT2D eigenvalue weighted by atomic mass is 10.0. The van der Waals surface area contributed by atoms with Crippen LogP contribution in [0.2, 0.25) is 0 Å². The molecule has 1 atom stereocenters. The molecule has 2 N–H and O–H groups in total. The van der Waals surface area contributed by atoms with Crippen LogP contribution in [-0.4, -0.2) is 36.1 Å². The fourth-order valence-electron chi connectivity index (χ4n) is 1.58. The van der Waals surface area contributed by atoms with Crippen LogP contribution in [-0.2, 0) is 20.7 Å². The number of ether oxygens (including phenoxy) is 1. The van der Waals surface area contributed by atoms with Crippen molar-refractivity contribution < 1.29 is 24.2 Å². The van der Waals surface area contributed by atoms with Crippen LogP contribution in [0.1, 0.15) is 22.8 Å². The second kappa shape index (κ2) is 6.53. The van der Waals surface area contributed by atoms with Gasteiger partial charge in [-0.1, -0.05) is 18.2 Å². The van der Waals surface area contributed by atoms with E-state index in [0.717, 1.165) is 0 Å². The fourth-order valence-corrected chi connectivity index (χ4v) is 1.58. The lowest BCUT2D eigenvalue weighted by Gasteiger charge is -2.12. The van der Waals surface area contributed by atoms with Crippen molar-refractivity contribution in [2.45, 2.75) is 19.4 Å². The van der Waals surface area contributed by atoms with Crippen LogP contribution in [0.25, 0.3) is 0 Å². The van der Waals surface area contributed by atoms with Crippen molar-refractivity contribution in [1.82, 2.24) is 5.32 Å². The van der Waals surface area contributed by atoms with Crippen LogP contribution in [0.3, 0.4) is 0 Å². The normalized spacial score (nSPS) is 11.5. The minimum absolute atomic E-state index is 0.0726. The van der Waals surface area contributed by atoms with Gasteiger partial charge in [0.25, 0.3) is 0 Å². The molecule has 0 saturated carbocycles. The van der Waals surface area contributed by atoms with Gasteiger partial charge in [0.1, 0.15) is 6.04 Å². The van der Waals surface area contributed by atoms with Crippen molar-refractivity contribution in [3.05, 3.63) is 35.4 Å². The maximum Gasteiger partial charge on any atom is 0.335 e. The highest BCUT2D eigenvalue weighted by molar-refractivity contribution is 5.92. The highest BCUT2D eigenvalue weighted by atomic mass is 16.5. The van der Waals surface area contributed by atoms with Crippen molar-refractivity contribution in [2.24, 2.45) is 0 Å². The Hall–Kier alpha value is -2.37. The third-order valence-corrected chi connectivity index (χ3v) is 2.53. The van der Waals surface area contributed by atoms with Crippen molar-refractivity contribution in [1.29, 1.82) is 0 Å². The fraction of sp³-hybridized carbons (Fsp3) is 0.308. The topological polar surface area (TPSA) is 92.7 Å². The molecule has 6 nitrogen and oxygen atoms in total. The number of carboxylic acids is 1. The van der Waals surface area contributed by atoms with E-state index in [1.807, 2.05) is 0 Å². The summed E-state index contributed by atoms with van der Waals surface area (Å²) in [6.07, 6.45) is -0.107. The second-order valence-electron chi connectivity index (χ2n) is 3.95. The van der Waals surface area contributed by atoms with E-state index in [1.165, 1.54) is 20.1 Å². The number of nitrogens with one attached hydrogen (secondary N) is 1. The van der Waals surface area contributed by atoms with Gasteiger partial charge in [-0.2, -0.15) is 0 Å². The van der Waals surface area contributed by atoms with Crippen LogP contribution in [0.15, 0.2) is 24.3 Å². The summed E-state index contributed by atoms with van der Waals surface area (Å²) in [5.74, 6) is -2.09. The third kappa shape index (κ3) is 4.09. The van der Waals surface area contributed by atoms with Crippen LogP contribution < -0.4 is 5.32 Å². The summed E-state index contributed by atoms with van der Waals surface area (Å²) in [6, 6.07) is 5.45. The number of benzene rings is 1. The number of hydrogen-bond acceptors (Lipinski definition) is 4. The monoisotopic (exact) mass is 265 g/mol.